The molecule has 3 nitrogen and oxygen atoms in total. The topological polar surface area (TPSA) is 39.2 Å². The smallest absolute Gasteiger partial charge is 0.195 e. The van der Waals surface area contributed by atoms with E-state index >= 15 is 0 Å². The van der Waals surface area contributed by atoms with Gasteiger partial charge in [0.2, 0.25) is 0 Å². The normalized spacial score (nSPS) is 10.6. The van der Waals surface area contributed by atoms with Gasteiger partial charge in [-0.1, -0.05) is 12.1 Å². The third kappa shape index (κ3) is 3.39. The van der Waals surface area contributed by atoms with Gasteiger partial charge in [-0.05, 0) is 38.3 Å². The highest BCUT2D eigenvalue weighted by molar-refractivity contribution is 7.98. The maximum Gasteiger partial charge on any atom is 0.195 e. The average Bonchev–Trinajstić information content (AvgIpc) is 2.46. The lowest BCUT2D eigenvalue weighted by Gasteiger charge is -2.10. The van der Waals surface area contributed by atoms with Crippen molar-refractivity contribution in [2.75, 3.05) is 6.26 Å². The van der Waals surface area contributed by atoms with Gasteiger partial charge in [0.25, 0.3) is 0 Å². The number of ether oxygens (including phenoxy) is 1. The van der Waals surface area contributed by atoms with Gasteiger partial charge in [0.15, 0.2) is 5.78 Å². The molecule has 104 valence electrons. The van der Waals surface area contributed by atoms with Crippen LogP contribution >= 0.6 is 11.8 Å². The first kappa shape index (κ1) is 14.6. The minimum atomic E-state index is -0.0309. The van der Waals surface area contributed by atoms with E-state index in [9.17, 15) is 4.79 Å². The molecule has 0 saturated heterocycles. The SMILES string of the molecule is CSc1ccccc1C(=O)c1cncc(OC(C)C)c1. The number of thioether (sulfide) groups is 1. The summed E-state index contributed by atoms with van der Waals surface area (Å²) in [6.07, 6.45) is 5.22. The number of rotatable bonds is 5. The monoisotopic (exact) mass is 287 g/mol. The quantitative estimate of drug-likeness (QED) is 0.619. The second-order valence-corrected chi connectivity index (χ2v) is 5.45. The van der Waals surface area contributed by atoms with Crippen LogP contribution in [0.3, 0.4) is 0 Å². The summed E-state index contributed by atoms with van der Waals surface area (Å²) < 4.78 is 5.58. The van der Waals surface area contributed by atoms with E-state index in [-0.39, 0.29) is 11.9 Å². The van der Waals surface area contributed by atoms with Gasteiger partial charge in [-0.2, -0.15) is 0 Å². The van der Waals surface area contributed by atoms with Crippen molar-refractivity contribution >= 4 is 17.5 Å². The van der Waals surface area contributed by atoms with Crippen molar-refractivity contribution in [3.8, 4) is 5.75 Å². The van der Waals surface area contributed by atoms with Gasteiger partial charge < -0.3 is 4.74 Å². The molecule has 0 spiro atoms. The molecule has 0 N–H and O–H groups in total. The molecule has 1 aromatic carbocycles. The Kier molecular flexibility index (Phi) is 4.79. The predicted molar refractivity (Wildman–Crippen MR) is 81.7 cm³/mol. The molecular weight excluding hydrogens is 270 g/mol. The Balaban J connectivity index is 2.33. The molecule has 0 unspecified atom stereocenters. The Morgan fingerprint density at radius 3 is 2.70 bits per heavy atom. The predicted octanol–water partition coefficient (Wildman–Crippen LogP) is 3.82. The lowest BCUT2D eigenvalue weighted by molar-refractivity contribution is 0.103. The highest BCUT2D eigenvalue weighted by atomic mass is 32.2. The molecule has 0 bridgehead atoms. The van der Waals surface area contributed by atoms with Crippen LogP contribution in [0, 0.1) is 0 Å². The fourth-order valence-corrected chi connectivity index (χ4v) is 2.46. The second-order valence-electron chi connectivity index (χ2n) is 4.61. The first-order valence-electron chi connectivity index (χ1n) is 6.41. The number of hydrogen-bond donors (Lipinski definition) is 0. The number of nitrogens with zero attached hydrogens (tertiary/aromatic N) is 1. The fourth-order valence-electron chi connectivity index (χ4n) is 1.87. The highest BCUT2D eigenvalue weighted by Crippen LogP contribution is 2.23. The molecule has 1 aromatic heterocycles. The second kappa shape index (κ2) is 6.57. The zero-order chi connectivity index (χ0) is 14.5. The summed E-state index contributed by atoms with van der Waals surface area (Å²) in [5.41, 5.74) is 1.24. The Morgan fingerprint density at radius 2 is 2.00 bits per heavy atom. The lowest BCUT2D eigenvalue weighted by atomic mass is 10.1. The molecular formula is C16H17NO2S. The Hall–Kier alpha value is -1.81. The van der Waals surface area contributed by atoms with Crippen LogP contribution in [-0.4, -0.2) is 23.1 Å². The van der Waals surface area contributed by atoms with Crippen LogP contribution in [0.15, 0.2) is 47.6 Å². The molecule has 20 heavy (non-hydrogen) atoms. The summed E-state index contributed by atoms with van der Waals surface area (Å²) in [5, 5.41) is 0. The van der Waals surface area contributed by atoms with Crippen molar-refractivity contribution in [1.29, 1.82) is 0 Å². The summed E-state index contributed by atoms with van der Waals surface area (Å²) in [7, 11) is 0. The molecule has 0 amide bonds. The molecule has 2 aromatic rings. The molecule has 1 heterocycles. The van der Waals surface area contributed by atoms with Gasteiger partial charge >= 0.3 is 0 Å². The largest absolute Gasteiger partial charge is 0.489 e. The molecule has 0 saturated carbocycles. The van der Waals surface area contributed by atoms with Gasteiger partial charge in [-0.3, -0.25) is 9.78 Å². The number of ketones is 1. The standard InChI is InChI=1S/C16H17NO2S/c1-11(2)19-13-8-12(9-17-10-13)16(18)14-6-4-5-7-15(14)20-3/h4-11H,1-3H3. The Bertz CT molecular complexity index is 611. The summed E-state index contributed by atoms with van der Waals surface area (Å²) >= 11 is 1.56. The van der Waals surface area contributed by atoms with E-state index in [0.29, 0.717) is 16.9 Å². The van der Waals surface area contributed by atoms with Crippen molar-refractivity contribution in [3.63, 3.8) is 0 Å². The van der Waals surface area contributed by atoms with Crippen LogP contribution in [0.5, 0.6) is 5.75 Å². The molecule has 4 heteroatoms. The van der Waals surface area contributed by atoms with Gasteiger partial charge in [-0.25, -0.2) is 0 Å². The zero-order valence-electron chi connectivity index (χ0n) is 11.8. The minimum Gasteiger partial charge on any atom is -0.489 e. The highest BCUT2D eigenvalue weighted by Gasteiger charge is 2.14. The van der Waals surface area contributed by atoms with E-state index in [0.717, 1.165) is 4.90 Å². The van der Waals surface area contributed by atoms with E-state index < -0.39 is 0 Å². The maximum atomic E-state index is 12.6. The molecule has 2 rings (SSSR count). The number of hydrogen-bond acceptors (Lipinski definition) is 4. The number of carbonyl (C=O) groups is 1. The summed E-state index contributed by atoms with van der Waals surface area (Å²) in [5.74, 6) is 0.587. The Labute approximate surface area is 123 Å². The third-order valence-corrected chi connectivity index (χ3v) is 3.49. The van der Waals surface area contributed by atoms with Crippen molar-refractivity contribution in [2.45, 2.75) is 24.8 Å². The number of benzene rings is 1. The van der Waals surface area contributed by atoms with Crippen molar-refractivity contribution < 1.29 is 9.53 Å². The fraction of sp³-hybridized carbons (Fsp3) is 0.250. The summed E-state index contributed by atoms with van der Waals surface area (Å²) in [6.45, 7) is 3.88. The lowest BCUT2D eigenvalue weighted by Crippen LogP contribution is -2.08. The molecule has 0 aliphatic heterocycles. The summed E-state index contributed by atoms with van der Waals surface area (Å²) in [4.78, 5) is 17.6. The van der Waals surface area contributed by atoms with Crippen molar-refractivity contribution in [3.05, 3.63) is 53.9 Å². The van der Waals surface area contributed by atoms with E-state index in [1.807, 2.05) is 44.4 Å². The van der Waals surface area contributed by atoms with Gasteiger partial charge in [0.1, 0.15) is 5.75 Å². The first-order valence-corrected chi connectivity index (χ1v) is 7.63. The average molecular weight is 287 g/mol. The van der Waals surface area contributed by atoms with Gasteiger partial charge in [0.05, 0.1) is 12.3 Å². The number of carbonyl (C=O) groups excluding carboxylic acids is 1. The van der Waals surface area contributed by atoms with Crippen LogP contribution in [0.1, 0.15) is 29.8 Å². The molecule has 0 aliphatic rings. The minimum absolute atomic E-state index is 0.0309. The van der Waals surface area contributed by atoms with Gasteiger partial charge in [0, 0.05) is 22.2 Å². The van der Waals surface area contributed by atoms with E-state index in [4.69, 9.17) is 4.74 Å². The van der Waals surface area contributed by atoms with E-state index in [2.05, 4.69) is 4.98 Å². The van der Waals surface area contributed by atoms with Crippen molar-refractivity contribution in [2.24, 2.45) is 0 Å². The maximum absolute atomic E-state index is 12.6. The third-order valence-electron chi connectivity index (χ3n) is 2.70. The van der Waals surface area contributed by atoms with Crippen LogP contribution in [0.2, 0.25) is 0 Å². The molecule has 0 radical (unpaired) electrons. The van der Waals surface area contributed by atoms with E-state index in [1.54, 1.807) is 30.2 Å². The molecule has 0 atom stereocenters. The van der Waals surface area contributed by atoms with E-state index in [1.165, 1.54) is 0 Å². The van der Waals surface area contributed by atoms with Crippen LogP contribution in [0.4, 0.5) is 0 Å². The van der Waals surface area contributed by atoms with Crippen molar-refractivity contribution in [1.82, 2.24) is 4.98 Å². The molecule has 0 fully saturated rings. The first-order chi connectivity index (χ1) is 9.61. The summed E-state index contributed by atoms with van der Waals surface area (Å²) in [6, 6.07) is 9.32. The van der Waals surface area contributed by atoms with Gasteiger partial charge in [-0.15, -0.1) is 11.8 Å². The van der Waals surface area contributed by atoms with Crippen LogP contribution in [-0.2, 0) is 0 Å². The van der Waals surface area contributed by atoms with Crippen LogP contribution < -0.4 is 4.74 Å². The zero-order valence-corrected chi connectivity index (χ0v) is 12.6. The van der Waals surface area contributed by atoms with Crippen LogP contribution in [0.25, 0.3) is 0 Å². The number of aromatic nitrogens is 1. The molecule has 0 aliphatic carbocycles. The Morgan fingerprint density at radius 1 is 1.25 bits per heavy atom. The number of pyridine rings is 1.